The highest BCUT2D eigenvalue weighted by molar-refractivity contribution is 6.02. The molecule has 21 heavy (non-hydrogen) atoms. The minimum absolute atomic E-state index is 0.0655. The number of rotatable bonds is 2. The van der Waals surface area contributed by atoms with Crippen molar-refractivity contribution in [2.75, 3.05) is 14.2 Å². The molecule has 0 aliphatic heterocycles. The molecule has 0 saturated carbocycles. The zero-order valence-corrected chi connectivity index (χ0v) is 11.8. The largest absolute Gasteiger partial charge is 0.464 e. The van der Waals surface area contributed by atoms with Crippen LogP contribution < -0.4 is 0 Å². The minimum atomic E-state index is -0.862. The first kappa shape index (κ1) is 14.6. The maximum absolute atomic E-state index is 11.7. The Kier molecular flexibility index (Phi) is 3.66. The van der Waals surface area contributed by atoms with E-state index in [2.05, 4.69) is 24.4 Å². The standard InChI is InChI=1S/C12H12N4O5/c1-5-13-9-10(16(5)6(2)17)15-8(12(19)21-4)7(14-9)11(18)20-3/h1-4H3. The molecule has 2 heterocycles. The highest BCUT2D eigenvalue weighted by atomic mass is 16.5. The predicted molar refractivity (Wildman–Crippen MR) is 69.0 cm³/mol. The molecule has 0 radical (unpaired) electrons. The van der Waals surface area contributed by atoms with Crippen LogP contribution in [0.4, 0.5) is 0 Å². The second kappa shape index (κ2) is 5.27. The molecule has 9 nitrogen and oxygen atoms in total. The average molecular weight is 292 g/mol. The lowest BCUT2D eigenvalue weighted by Gasteiger charge is -2.05. The van der Waals surface area contributed by atoms with Gasteiger partial charge in [-0.05, 0) is 6.92 Å². The molecule has 0 aromatic carbocycles. The quantitative estimate of drug-likeness (QED) is 0.729. The van der Waals surface area contributed by atoms with Crippen molar-refractivity contribution in [2.24, 2.45) is 0 Å². The van der Waals surface area contributed by atoms with Crippen molar-refractivity contribution in [1.82, 2.24) is 19.5 Å². The van der Waals surface area contributed by atoms with E-state index in [1.165, 1.54) is 11.5 Å². The number of nitrogens with zero attached hydrogens (tertiary/aromatic N) is 4. The van der Waals surface area contributed by atoms with Crippen LogP contribution in [-0.4, -0.2) is 51.6 Å². The minimum Gasteiger partial charge on any atom is -0.464 e. The molecule has 2 aromatic rings. The fourth-order valence-corrected chi connectivity index (χ4v) is 1.85. The van der Waals surface area contributed by atoms with Gasteiger partial charge in [0.1, 0.15) is 5.82 Å². The van der Waals surface area contributed by atoms with Gasteiger partial charge in [-0.25, -0.2) is 29.1 Å². The van der Waals surface area contributed by atoms with E-state index in [0.717, 1.165) is 14.2 Å². The Morgan fingerprint density at radius 3 is 1.95 bits per heavy atom. The number of imidazole rings is 1. The van der Waals surface area contributed by atoms with E-state index in [-0.39, 0.29) is 28.6 Å². The Balaban J connectivity index is 2.83. The molecule has 2 aromatic heterocycles. The van der Waals surface area contributed by atoms with E-state index in [9.17, 15) is 14.4 Å². The van der Waals surface area contributed by atoms with Gasteiger partial charge in [-0.15, -0.1) is 0 Å². The van der Waals surface area contributed by atoms with Crippen LogP contribution >= 0.6 is 0 Å². The first-order valence-electron chi connectivity index (χ1n) is 5.85. The van der Waals surface area contributed by atoms with Gasteiger partial charge in [0.15, 0.2) is 22.7 Å². The number of hydrogen-bond donors (Lipinski definition) is 0. The van der Waals surface area contributed by atoms with E-state index in [4.69, 9.17) is 0 Å². The first-order chi connectivity index (χ1) is 9.90. The zero-order chi connectivity index (χ0) is 15.7. The molecule has 0 atom stereocenters. The van der Waals surface area contributed by atoms with Crippen LogP contribution in [0.1, 0.15) is 38.5 Å². The Bertz CT molecular complexity index is 765. The summed E-state index contributed by atoms with van der Waals surface area (Å²) in [6.45, 7) is 2.90. The topological polar surface area (TPSA) is 113 Å². The lowest BCUT2D eigenvalue weighted by Crippen LogP contribution is -2.17. The molecule has 0 saturated heterocycles. The number of carbonyl (C=O) groups is 3. The van der Waals surface area contributed by atoms with Crippen LogP contribution in [0.5, 0.6) is 0 Å². The van der Waals surface area contributed by atoms with Crippen molar-refractivity contribution in [3.8, 4) is 0 Å². The van der Waals surface area contributed by atoms with E-state index >= 15 is 0 Å². The maximum Gasteiger partial charge on any atom is 0.359 e. The summed E-state index contributed by atoms with van der Waals surface area (Å²) in [5.74, 6) is -1.71. The smallest absolute Gasteiger partial charge is 0.359 e. The monoisotopic (exact) mass is 292 g/mol. The number of esters is 2. The normalized spacial score (nSPS) is 10.5. The van der Waals surface area contributed by atoms with Crippen molar-refractivity contribution in [2.45, 2.75) is 13.8 Å². The second-order valence-corrected chi connectivity index (χ2v) is 4.06. The third kappa shape index (κ3) is 2.33. The van der Waals surface area contributed by atoms with Gasteiger partial charge in [0.2, 0.25) is 5.91 Å². The molecular weight excluding hydrogens is 280 g/mol. The van der Waals surface area contributed by atoms with Gasteiger partial charge in [-0.3, -0.25) is 4.79 Å². The molecule has 2 rings (SSSR count). The summed E-state index contributed by atoms with van der Waals surface area (Å²) in [5.41, 5.74) is -0.506. The fourth-order valence-electron chi connectivity index (χ4n) is 1.85. The molecule has 0 unspecified atom stereocenters. The van der Waals surface area contributed by atoms with Gasteiger partial charge >= 0.3 is 11.9 Å². The average Bonchev–Trinajstić information content (AvgIpc) is 2.79. The summed E-state index contributed by atoms with van der Waals surface area (Å²) in [7, 11) is 2.29. The Hall–Kier alpha value is -2.84. The van der Waals surface area contributed by atoms with E-state index in [0.29, 0.717) is 5.82 Å². The highest BCUT2D eigenvalue weighted by Gasteiger charge is 2.26. The van der Waals surface area contributed by atoms with Crippen molar-refractivity contribution < 1.29 is 23.9 Å². The van der Waals surface area contributed by atoms with Crippen LogP contribution in [0.3, 0.4) is 0 Å². The van der Waals surface area contributed by atoms with Gasteiger partial charge in [0.05, 0.1) is 14.2 Å². The van der Waals surface area contributed by atoms with Crippen LogP contribution in [0.25, 0.3) is 11.3 Å². The summed E-state index contributed by atoms with van der Waals surface area (Å²) < 4.78 is 10.3. The van der Waals surface area contributed by atoms with Crippen molar-refractivity contribution >= 4 is 29.1 Å². The fraction of sp³-hybridized carbons (Fsp3) is 0.333. The summed E-state index contributed by atoms with van der Waals surface area (Å²) in [4.78, 5) is 47.0. The highest BCUT2D eigenvalue weighted by Crippen LogP contribution is 2.16. The number of carbonyl (C=O) groups excluding carboxylic acids is 3. The molecule has 0 fully saturated rings. The number of ether oxygens (including phenoxy) is 2. The molecule has 0 bridgehead atoms. The summed E-state index contributed by atoms with van der Waals surface area (Å²) in [5, 5.41) is 0. The van der Waals surface area contributed by atoms with Crippen LogP contribution in [0, 0.1) is 6.92 Å². The van der Waals surface area contributed by atoms with E-state index in [1.807, 2.05) is 0 Å². The molecule has 9 heteroatoms. The molecular formula is C12H12N4O5. The molecule has 0 N–H and O–H groups in total. The van der Waals surface area contributed by atoms with Crippen molar-refractivity contribution in [1.29, 1.82) is 0 Å². The second-order valence-electron chi connectivity index (χ2n) is 4.06. The first-order valence-corrected chi connectivity index (χ1v) is 5.85. The predicted octanol–water partition coefficient (Wildman–Crippen LogP) is 0.368. The van der Waals surface area contributed by atoms with Crippen LogP contribution in [-0.2, 0) is 9.47 Å². The van der Waals surface area contributed by atoms with Gasteiger partial charge in [0, 0.05) is 6.92 Å². The third-order valence-corrected chi connectivity index (χ3v) is 2.74. The zero-order valence-electron chi connectivity index (χ0n) is 11.8. The molecule has 0 amide bonds. The number of fused-ring (bicyclic) bond motifs is 1. The molecule has 0 aliphatic carbocycles. The number of hydrogen-bond acceptors (Lipinski definition) is 8. The summed E-state index contributed by atoms with van der Waals surface area (Å²) in [6.07, 6.45) is 0. The van der Waals surface area contributed by atoms with Gasteiger partial charge in [-0.1, -0.05) is 0 Å². The summed E-state index contributed by atoms with van der Waals surface area (Å²) in [6, 6.07) is 0. The Morgan fingerprint density at radius 1 is 0.952 bits per heavy atom. The lowest BCUT2D eigenvalue weighted by atomic mass is 10.3. The number of methoxy groups -OCH3 is 2. The third-order valence-electron chi connectivity index (χ3n) is 2.74. The van der Waals surface area contributed by atoms with E-state index < -0.39 is 11.9 Å². The maximum atomic E-state index is 11.7. The SMILES string of the molecule is COC(=O)c1nc2nc(C)n(C(C)=O)c2nc1C(=O)OC. The van der Waals surface area contributed by atoms with Gasteiger partial charge in [0.25, 0.3) is 0 Å². The van der Waals surface area contributed by atoms with Gasteiger partial charge in [-0.2, -0.15) is 0 Å². The van der Waals surface area contributed by atoms with Crippen molar-refractivity contribution in [3.63, 3.8) is 0 Å². The number of aryl methyl sites for hydroxylation is 1. The van der Waals surface area contributed by atoms with E-state index in [1.54, 1.807) is 6.92 Å². The number of aromatic nitrogens is 4. The Morgan fingerprint density at radius 2 is 1.48 bits per heavy atom. The Labute approximate surface area is 118 Å². The molecule has 110 valence electrons. The van der Waals surface area contributed by atoms with Crippen LogP contribution in [0.2, 0.25) is 0 Å². The van der Waals surface area contributed by atoms with Gasteiger partial charge < -0.3 is 9.47 Å². The van der Waals surface area contributed by atoms with Crippen LogP contribution in [0.15, 0.2) is 0 Å². The summed E-state index contributed by atoms with van der Waals surface area (Å²) >= 11 is 0. The molecule has 0 aliphatic rings. The lowest BCUT2D eigenvalue weighted by molar-refractivity contribution is 0.0545. The molecule has 0 spiro atoms. The van der Waals surface area contributed by atoms with Crippen molar-refractivity contribution in [3.05, 3.63) is 17.2 Å².